The third-order valence-corrected chi connectivity index (χ3v) is 3.49. The first-order chi connectivity index (χ1) is 11.7. The number of carbonyl (C=O) groups excluding carboxylic acids is 1. The topological polar surface area (TPSA) is 87.2 Å². The Kier molecular flexibility index (Phi) is 4.72. The van der Waals surface area contributed by atoms with Crippen molar-refractivity contribution in [2.75, 3.05) is 13.2 Å². The highest BCUT2D eigenvalue weighted by Gasteiger charge is 2.14. The van der Waals surface area contributed by atoms with Crippen LogP contribution in [-0.2, 0) is 6.54 Å². The van der Waals surface area contributed by atoms with Crippen molar-refractivity contribution < 1.29 is 19.0 Å². The molecule has 0 radical (unpaired) electrons. The molecule has 3 aromatic rings. The lowest BCUT2D eigenvalue weighted by molar-refractivity contribution is 0.0951. The molecule has 0 atom stereocenters. The molecule has 6 nitrogen and oxygen atoms in total. The number of fused-ring (bicyclic) bond motifs is 1. The van der Waals surface area contributed by atoms with Gasteiger partial charge in [-0.25, -0.2) is 9.37 Å². The van der Waals surface area contributed by atoms with Gasteiger partial charge in [-0.05, 0) is 18.2 Å². The molecule has 0 spiro atoms. The fraction of sp³-hybridized carbons (Fsp3) is 0.176. The highest BCUT2D eigenvalue weighted by Crippen LogP contribution is 2.19. The van der Waals surface area contributed by atoms with Crippen LogP contribution in [0.2, 0.25) is 0 Å². The number of carbonyl (C=O) groups is 1. The molecule has 1 aromatic heterocycles. The second kappa shape index (κ2) is 7.10. The Morgan fingerprint density at radius 1 is 1.33 bits per heavy atom. The number of nitrogens with one attached hydrogen (secondary N) is 2. The SMILES string of the molecule is O=C(NCc1ccccc1OCCO)c1cc(F)cc2[nH]cnc12. The van der Waals surface area contributed by atoms with Crippen LogP contribution in [0.25, 0.3) is 11.0 Å². The number of halogens is 1. The number of aromatic amines is 1. The third kappa shape index (κ3) is 3.36. The number of para-hydroxylation sites is 1. The van der Waals surface area contributed by atoms with Crippen LogP contribution in [0.1, 0.15) is 15.9 Å². The van der Waals surface area contributed by atoms with Crippen LogP contribution in [0.3, 0.4) is 0 Å². The number of hydrogen-bond donors (Lipinski definition) is 3. The maximum absolute atomic E-state index is 13.6. The van der Waals surface area contributed by atoms with Crippen LogP contribution in [0.15, 0.2) is 42.7 Å². The summed E-state index contributed by atoms with van der Waals surface area (Å²) in [7, 11) is 0. The molecule has 0 aliphatic heterocycles. The van der Waals surface area contributed by atoms with E-state index in [9.17, 15) is 9.18 Å². The maximum atomic E-state index is 13.6. The Hall–Kier alpha value is -2.93. The zero-order valence-electron chi connectivity index (χ0n) is 12.8. The van der Waals surface area contributed by atoms with Crippen LogP contribution in [-0.4, -0.2) is 34.2 Å². The molecular formula is C17H16FN3O3. The van der Waals surface area contributed by atoms with Gasteiger partial charge in [0.2, 0.25) is 0 Å². The number of H-pyrrole nitrogens is 1. The summed E-state index contributed by atoms with van der Waals surface area (Å²) in [5.74, 6) is -0.358. The van der Waals surface area contributed by atoms with Gasteiger partial charge in [0, 0.05) is 12.1 Å². The molecule has 3 N–H and O–H groups in total. The Balaban J connectivity index is 1.77. The fourth-order valence-corrected chi connectivity index (χ4v) is 2.40. The van der Waals surface area contributed by atoms with E-state index in [2.05, 4.69) is 15.3 Å². The number of rotatable bonds is 6. The lowest BCUT2D eigenvalue weighted by atomic mass is 10.1. The number of aromatic nitrogens is 2. The zero-order chi connectivity index (χ0) is 16.9. The van der Waals surface area contributed by atoms with Gasteiger partial charge in [-0.2, -0.15) is 0 Å². The minimum Gasteiger partial charge on any atom is -0.491 e. The summed E-state index contributed by atoms with van der Waals surface area (Å²) in [4.78, 5) is 19.2. The Labute approximate surface area is 137 Å². The molecule has 3 rings (SSSR count). The lowest BCUT2D eigenvalue weighted by Gasteiger charge is -2.11. The Morgan fingerprint density at radius 3 is 3.00 bits per heavy atom. The van der Waals surface area contributed by atoms with E-state index in [1.54, 1.807) is 12.1 Å². The summed E-state index contributed by atoms with van der Waals surface area (Å²) in [6.07, 6.45) is 1.42. The molecule has 0 aliphatic rings. The Morgan fingerprint density at radius 2 is 2.17 bits per heavy atom. The third-order valence-electron chi connectivity index (χ3n) is 3.49. The fourth-order valence-electron chi connectivity index (χ4n) is 2.40. The molecule has 0 fully saturated rings. The van der Waals surface area contributed by atoms with Gasteiger partial charge in [0.1, 0.15) is 23.7 Å². The van der Waals surface area contributed by atoms with E-state index >= 15 is 0 Å². The van der Waals surface area contributed by atoms with Gasteiger partial charge >= 0.3 is 0 Å². The molecule has 124 valence electrons. The van der Waals surface area contributed by atoms with Crippen LogP contribution in [0.5, 0.6) is 5.75 Å². The summed E-state index contributed by atoms with van der Waals surface area (Å²) in [6.45, 7) is 0.284. The number of aliphatic hydroxyl groups is 1. The van der Waals surface area contributed by atoms with Gasteiger partial charge in [-0.1, -0.05) is 18.2 Å². The summed E-state index contributed by atoms with van der Waals surface area (Å²) >= 11 is 0. The van der Waals surface area contributed by atoms with Crippen molar-refractivity contribution in [2.45, 2.75) is 6.54 Å². The Bertz CT molecular complexity index is 863. The summed E-state index contributed by atoms with van der Waals surface area (Å²) in [5, 5.41) is 11.6. The number of aliphatic hydroxyl groups excluding tert-OH is 1. The lowest BCUT2D eigenvalue weighted by Crippen LogP contribution is -2.23. The van der Waals surface area contributed by atoms with Gasteiger partial charge in [-0.15, -0.1) is 0 Å². The number of benzene rings is 2. The molecule has 0 unspecified atom stereocenters. The summed E-state index contributed by atoms with van der Waals surface area (Å²) in [6, 6.07) is 9.64. The summed E-state index contributed by atoms with van der Waals surface area (Å²) in [5.41, 5.74) is 1.81. The van der Waals surface area contributed by atoms with Crippen molar-refractivity contribution in [3.05, 3.63) is 59.7 Å². The van der Waals surface area contributed by atoms with Crippen molar-refractivity contribution in [1.82, 2.24) is 15.3 Å². The quantitative estimate of drug-likeness (QED) is 0.645. The van der Waals surface area contributed by atoms with Gasteiger partial charge in [0.25, 0.3) is 5.91 Å². The van der Waals surface area contributed by atoms with E-state index in [1.807, 2.05) is 12.1 Å². The summed E-state index contributed by atoms with van der Waals surface area (Å²) < 4.78 is 19.1. The second-order valence-electron chi connectivity index (χ2n) is 5.11. The number of imidazole rings is 1. The minimum atomic E-state index is -0.511. The number of hydrogen-bond acceptors (Lipinski definition) is 4. The maximum Gasteiger partial charge on any atom is 0.253 e. The first kappa shape index (κ1) is 15.9. The van der Waals surface area contributed by atoms with E-state index in [0.717, 1.165) is 11.6 Å². The highest BCUT2D eigenvalue weighted by molar-refractivity contribution is 6.04. The van der Waals surface area contributed by atoms with Crippen molar-refractivity contribution >= 4 is 16.9 Å². The van der Waals surface area contributed by atoms with Crippen LogP contribution >= 0.6 is 0 Å². The molecule has 0 saturated heterocycles. The number of amides is 1. The average molecular weight is 329 g/mol. The van der Waals surface area contributed by atoms with Crippen molar-refractivity contribution in [2.24, 2.45) is 0 Å². The monoisotopic (exact) mass is 329 g/mol. The largest absolute Gasteiger partial charge is 0.491 e. The van der Waals surface area contributed by atoms with Gasteiger partial charge < -0.3 is 20.1 Å². The molecule has 1 amide bonds. The molecule has 0 saturated carbocycles. The molecule has 24 heavy (non-hydrogen) atoms. The van der Waals surface area contributed by atoms with Crippen molar-refractivity contribution in [3.63, 3.8) is 0 Å². The predicted molar refractivity (Wildman–Crippen MR) is 86.2 cm³/mol. The van der Waals surface area contributed by atoms with Gasteiger partial charge in [0.15, 0.2) is 0 Å². The normalized spacial score (nSPS) is 10.8. The zero-order valence-corrected chi connectivity index (χ0v) is 12.8. The highest BCUT2D eigenvalue weighted by atomic mass is 19.1. The average Bonchev–Trinajstić information content (AvgIpc) is 3.06. The minimum absolute atomic E-state index is 0.0961. The molecule has 1 heterocycles. The van der Waals surface area contributed by atoms with E-state index in [1.165, 1.54) is 12.4 Å². The van der Waals surface area contributed by atoms with E-state index in [-0.39, 0.29) is 25.3 Å². The molecule has 2 aromatic carbocycles. The number of nitrogens with zero attached hydrogens (tertiary/aromatic N) is 1. The first-order valence-electron chi connectivity index (χ1n) is 7.41. The van der Waals surface area contributed by atoms with Crippen molar-refractivity contribution in [1.29, 1.82) is 0 Å². The predicted octanol–water partition coefficient (Wildman–Crippen LogP) is 2.00. The van der Waals surface area contributed by atoms with Crippen LogP contribution in [0.4, 0.5) is 4.39 Å². The van der Waals surface area contributed by atoms with Crippen LogP contribution < -0.4 is 10.1 Å². The van der Waals surface area contributed by atoms with E-state index in [0.29, 0.717) is 16.8 Å². The van der Waals surface area contributed by atoms with Gasteiger partial charge in [0.05, 0.1) is 24.0 Å². The molecule has 7 heteroatoms. The van der Waals surface area contributed by atoms with E-state index in [4.69, 9.17) is 9.84 Å². The van der Waals surface area contributed by atoms with E-state index < -0.39 is 11.7 Å². The smallest absolute Gasteiger partial charge is 0.253 e. The molecule has 0 aliphatic carbocycles. The standard InChI is InChI=1S/C17H16FN3O3/c18-12-7-13(16-14(8-12)20-10-21-16)17(23)19-9-11-3-1-2-4-15(11)24-6-5-22/h1-4,7-8,10,22H,5-6,9H2,(H,19,23)(H,20,21). The molecule has 0 bridgehead atoms. The molecular weight excluding hydrogens is 313 g/mol. The number of ether oxygens (including phenoxy) is 1. The second-order valence-corrected chi connectivity index (χ2v) is 5.11. The van der Waals surface area contributed by atoms with Crippen LogP contribution in [0, 0.1) is 5.82 Å². The van der Waals surface area contributed by atoms with Crippen molar-refractivity contribution in [3.8, 4) is 5.75 Å². The van der Waals surface area contributed by atoms with Gasteiger partial charge in [-0.3, -0.25) is 4.79 Å². The first-order valence-corrected chi connectivity index (χ1v) is 7.41.